The van der Waals surface area contributed by atoms with E-state index in [0.29, 0.717) is 10.1 Å². The number of hydrazone groups is 1. The summed E-state index contributed by atoms with van der Waals surface area (Å²) in [6, 6.07) is 4.75. The summed E-state index contributed by atoms with van der Waals surface area (Å²) in [7, 11) is 0. The molecule has 2 amide bonds. The second-order valence-corrected chi connectivity index (χ2v) is 6.40. The van der Waals surface area contributed by atoms with Crippen LogP contribution in [-0.4, -0.2) is 40.8 Å². The maximum atomic E-state index is 13.0. The van der Waals surface area contributed by atoms with Gasteiger partial charge in [-0.25, -0.2) is 9.69 Å². The lowest BCUT2D eigenvalue weighted by molar-refractivity contribution is -0.135. The minimum Gasteiger partial charge on any atom is -0.461 e. The van der Waals surface area contributed by atoms with Gasteiger partial charge < -0.3 is 4.74 Å². The third-order valence-corrected chi connectivity index (χ3v) is 4.76. The van der Waals surface area contributed by atoms with E-state index in [1.54, 1.807) is 26.0 Å². The van der Waals surface area contributed by atoms with Gasteiger partial charge in [-0.1, -0.05) is 17.7 Å². The van der Waals surface area contributed by atoms with Crippen LogP contribution >= 0.6 is 11.6 Å². The van der Waals surface area contributed by atoms with Gasteiger partial charge in [0.25, 0.3) is 5.91 Å². The molecule has 0 saturated carbocycles. The number of nitroso groups, excluding NO2 is 1. The Hall–Kier alpha value is -2.81. The van der Waals surface area contributed by atoms with Gasteiger partial charge in [0.15, 0.2) is 11.3 Å². The number of carbonyl (C=O) groups is 3. The number of benzene rings is 1. The fourth-order valence-corrected chi connectivity index (χ4v) is 3.19. The number of hydrogen-bond donors (Lipinski definition) is 0. The van der Waals surface area contributed by atoms with Gasteiger partial charge in [0.1, 0.15) is 0 Å². The van der Waals surface area contributed by atoms with Crippen LogP contribution in [0.1, 0.15) is 25.3 Å². The number of anilines is 1. The van der Waals surface area contributed by atoms with Crippen molar-refractivity contribution in [1.82, 2.24) is 5.12 Å². The molecule has 10 heteroatoms. The Bertz CT molecular complexity index is 855. The Morgan fingerprint density at radius 2 is 2.12 bits per heavy atom. The van der Waals surface area contributed by atoms with E-state index in [1.165, 1.54) is 6.07 Å². The lowest BCUT2D eigenvalue weighted by Gasteiger charge is -2.24. The second-order valence-electron chi connectivity index (χ2n) is 5.99. The number of hydrogen-bond acceptors (Lipinski definition) is 7. The van der Waals surface area contributed by atoms with E-state index in [9.17, 15) is 19.3 Å². The van der Waals surface area contributed by atoms with Crippen molar-refractivity contribution in [3.63, 3.8) is 0 Å². The molecule has 0 aliphatic carbocycles. The van der Waals surface area contributed by atoms with Crippen LogP contribution in [0.3, 0.4) is 0 Å². The third kappa shape index (κ3) is 2.64. The second kappa shape index (κ2) is 6.49. The molecule has 1 atom stereocenters. The number of aryl methyl sites for hydroxylation is 1. The van der Waals surface area contributed by atoms with E-state index in [-0.39, 0.29) is 30.8 Å². The minimum absolute atomic E-state index is 0.111. The molecule has 1 spiro atoms. The van der Waals surface area contributed by atoms with Crippen molar-refractivity contribution in [3.05, 3.63) is 33.7 Å². The van der Waals surface area contributed by atoms with Gasteiger partial charge >= 0.3 is 5.97 Å². The zero-order valence-electron chi connectivity index (χ0n) is 14.1. The summed E-state index contributed by atoms with van der Waals surface area (Å²) in [6.45, 7) is 3.52. The molecule has 0 unspecified atom stereocenters. The van der Waals surface area contributed by atoms with E-state index in [2.05, 4.69) is 10.4 Å². The zero-order chi connectivity index (χ0) is 19.1. The quantitative estimate of drug-likeness (QED) is 0.450. The molecule has 1 aromatic carbocycles. The first-order valence-electron chi connectivity index (χ1n) is 7.85. The Morgan fingerprint density at radius 3 is 2.73 bits per heavy atom. The van der Waals surface area contributed by atoms with Crippen LogP contribution in [-0.2, 0) is 19.1 Å². The summed E-state index contributed by atoms with van der Waals surface area (Å²) >= 11 is 6.08. The summed E-state index contributed by atoms with van der Waals surface area (Å²) < 4.78 is 4.86. The van der Waals surface area contributed by atoms with Crippen molar-refractivity contribution in [2.24, 2.45) is 10.4 Å². The predicted octanol–water partition coefficient (Wildman–Crippen LogP) is 1.96. The van der Waals surface area contributed by atoms with Gasteiger partial charge in [0.2, 0.25) is 5.91 Å². The number of halogens is 1. The van der Waals surface area contributed by atoms with Gasteiger partial charge in [-0.2, -0.15) is 0 Å². The van der Waals surface area contributed by atoms with E-state index >= 15 is 0 Å². The maximum absolute atomic E-state index is 13.0. The average molecular weight is 379 g/mol. The Kier molecular flexibility index (Phi) is 4.49. The Balaban J connectivity index is 1.96. The molecule has 136 valence electrons. The van der Waals surface area contributed by atoms with E-state index in [0.717, 1.165) is 10.5 Å². The van der Waals surface area contributed by atoms with E-state index in [1.807, 2.05) is 0 Å². The lowest BCUT2D eigenvalue weighted by atomic mass is 9.92. The third-order valence-electron chi connectivity index (χ3n) is 4.35. The highest BCUT2D eigenvalue weighted by atomic mass is 35.5. The van der Waals surface area contributed by atoms with E-state index in [4.69, 9.17) is 16.3 Å². The van der Waals surface area contributed by atoms with Crippen molar-refractivity contribution in [2.75, 3.05) is 11.5 Å². The molecular weight excluding hydrogens is 364 g/mol. The van der Waals surface area contributed by atoms with Crippen LogP contribution in [0.15, 0.2) is 28.6 Å². The smallest absolute Gasteiger partial charge is 0.354 e. The monoisotopic (exact) mass is 378 g/mol. The SMILES string of the molecule is CCOC(=O)C1=NN(N=O)[C@]2(CC(=O)N(c3ccc(C)c(Cl)c3)C2=O)C1. The zero-order valence-corrected chi connectivity index (χ0v) is 14.8. The number of amides is 2. The van der Waals surface area contributed by atoms with Crippen LogP contribution in [0.2, 0.25) is 5.02 Å². The summed E-state index contributed by atoms with van der Waals surface area (Å²) in [6.07, 6.45) is -0.576. The van der Waals surface area contributed by atoms with Crippen molar-refractivity contribution in [2.45, 2.75) is 32.2 Å². The molecule has 1 fully saturated rings. The first kappa shape index (κ1) is 18.0. The molecule has 9 nitrogen and oxygen atoms in total. The number of ether oxygens (including phenoxy) is 1. The number of nitrogens with zero attached hydrogens (tertiary/aromatic N) is 4. The van der Waals surface area contributed by atoms with Crippen LogP contribution in [0.25, 0.3) is 0 Å². The van der Waals surface area contributed by atoms with Crippen molar-refractivity contribution in [3.8, 4) is 0 Å². The molecule has 2 aliphatic heterocycles. The van der Waals surface area contributed by atoms with Crippen LogP contribution in [0, 0.1) is 11.8 Å². The minimum atomic E-state index is -1.65. The normalized spacial score (nSPS) is 22.2. The molecule has 2 heterocycles. The molecule has 0 bridgehead atoms. The number of carbonyl (C=O) groups excluding carboxylic acids is 3. The average Bonchev–Trinajstić information content (AvgIpc) is 3.09. The van der Waals surface area contributed by atoms with Gasteiger partial charge in [0.05, 0.1) is 24.0 Å². The highest BCUT2D eigenvalue weighted by molar-refractivity contribution is 6.39. The summed E-state index contributed by atoms with van der Waals surface area (Å²) in [4.78, 5) is 49.6. The van der Waals surface area contributed by atoms with Gasteiger partial charge in [-0.3, -0.25) is 9.59 Å². The topological polar surface area (TPSA) is 109 Å². The molecule has 3 rings (SSSR count). The number of rotatable bonds is 4. The van der Waals surface area contributed by atoms with Gasteiger partial charge in [0, 0.05) is 11.4 Å². The highest BCUT2D eigenvalue weighted by Gasteiger charge is 2.61. The first-order chi connectivity index (χ1) is 12.3. The van der Waals surface area contributed by atoms with Crippen molar-refractivity contribution < 1.29 is 19.1 Å². The van der Waals surface area contributed by atoms with Crippen molar-refractivity contribution >= 4 is 40.8 Å². The molecule has 1 aromatic rings. The fraction of sp³-hybridized carbons (Fsp3) is 0.375. The van der Waals surface area contributed by atoms with Crippen LogP contribution in [0.5, 0.6) is 0 Å². The van der Waals surface area contributed by atoms with Crippen LogP contribution < -0.4 is 4.90 Å². The van der Waals surface area contributed by atoms with Crippen LogP contribution in [0.4, 0.5) is 5.69 Å². The Labute approximate surface area is 153 Å². The Morgan fingerprint density at radius 1 is 1.38 bits per heavy atom. The summed E-state index contributed by atoms with van der Waals surface area (Å²) in [5.74, 6) is -1.98. The fourth-order valence-electron chi connectivity index (χ4n) is 3.02. The van der Waals surface area contributed by atoms with E-state index < -0.39 is 23.3 Å². The number of esters is 1. The first-order valence-corrected chi connectivity index (χ1v) is 8.23. The number of imide groups is 1. The molecular formula is C16H15ClN4O5. The molecule has 0 aromatic heterocycles. The van der Waals surface area contributed by atoms with Crippen molar-refractivity contribution in [1.29, 1.82) is 0 Å². The lowest BCUT2D eigenvalue weighted by Crippen LogP contribution is -2.48. The molecule has 1 saturated heterocycles. The van der Waals surface area contributed by atoms with Gasteiger partial charge in [-0.15, -0.1) is 15.1 Å². The summed E-state index contributed by atoms with van der Waals surface area (Å²) in [5, 5.41) is 7.48. The largest absolute Gasteiger partial charge is 0.461 e. The molecule has 2 aliphatic rings. The maximum Gasteiger partial charge on any atom is 0.354 e. The molecule has 0 N–H and O–H groups in total. The predicted molar refractivity (Wildman–Crippen MR) is 92.3 cm³/mol. The highest BCUT2D eigenvalue weighted by Crippen LogP contribution is 2.41. The van der Waals surface area contributed by atoms with Gasteiger partial charge in [-0.05, 0) is 31.5 Å². The summed E-state index contributed by atoms with van der Waals surface area (Å²) in [5.41, 5.74) is -0.716. The molecule has 26 heavy (non-hydrogen) atoms. The molecule has 0 radical (unpaired) electrons. The standard InChI is InChI=1S/C16H15ClN4O5/c1-3-26-14(23)12-7-16(21(18-12)19-25)8-13(22)20(15(16)24)10-5-4-9(2)11(17)6-10/h4-6H,3,7-8H2,1-2H3/t16-/m0/s1.